The van der Waals surface area contributed by atoms with Crippen molar-refractivity contribution in [3.05, 3.63) is 35.9 Å². The van der Waals surface area contributed by atoms with Crippen LogP contribution in [0, 0.1) is 0 Å². The van der Waals surface area contributed by atoms with Crippen LogP contribution in [0.25, 0.3) is 0 Å². The SMILES string of the molecule is O=C(N[C@H](C(=O)O)[C@H]1CCCO1)OCc1ccccc1. The standard InChI is InChI=1S/C14H17NO5/c16-13(17)12(11-7-4-8-19-11)15-14(18)20-9-10-5-2-1-3-6-10/h1-3,5-6,11-12H,4,7-9H2,(H,15,18)(H,16,17)/t11-,12+/m1/s1. The first-order chi connectivity index (χ1) is 9.66. The number of amides is 1. The summed E-state index contributed by atoms with van der Waals surface area (Å²) in [5.74, 6) is -1.12. The van der Waals surface area contributed by atoms with Crippen molar-refractivity contribution in [1.82, 2.24) is 5.32 Å². The van der Waals surface area contributed by atoms with Crippen LogP contribution in [0.4, 0.5) is 4.79 Å². The molecule has 6 heteroatoms. The molecule has 1 amide bonds. The third-order valence-corrected chi connectivity index (χ3v) is 3.09. The van der Waals surface area contributed by atoms with Gasteiger partial charge in [0.05, 0.1) is 6.10 Å². The Morgan fingerprint density at radius 2 is 2.15 bits per heavy atom. The number of carboxylic acid groups (broad SMARTS) is 1. The van der Waals surface area contributed by atoms with Crippen LogP contribution in [0.15, 0.2) is 30.3 Å². The second-order valence-corrected chi connectivity index (χ2v) is 4.57. The van der Waals surface area contributed by atoms with Crippen LogP contribution in [-0.2, 0) is 20.9 Å². The molecule has 0 bridgehead atoms. The second-order valence-electron chi connectivity index (χ2n) is 4.57. The molecule has 1 aliphatic rings. The van der Waals surface area contributed by atoms with E-state index < -0.39 is 24.2 Å². The van der Waals surface area contributed by atoms with Gasteiger partial charge in [0.15, 0.2) is 6.04 Å². The minimum atomic E-state index is -1.12. The molecule has 0 aromatic heterocycles. The molecule has 1 aromatic rings. The molecule has 20 heavy (non-hydrogen) atoms. The van der Waals surface area contributed by atoms with Crippen molar-refractivity contribution in [3.8, 4) is 0 Å². The average molecular weight is 279 g/mol. The number of benzene rings is 1. The first kappa shape index (κ1) is 14.3. The van der Waals surface area contributed by atoms with Crippen molar-refractivity contribution in [2.75, 3.05) is 6.61 Å². The Kier molecular flexibility index (Phi) is 4.95. The lowest BCUT2D eigenvalue weighted by Crippen LogP contribution is -2.48. The van der Waals surface area contributed by atoms with E-state index in [0.717, 1.165) is 12.0 Å². The number of carbonyl (C=O) groups is 2. The van der Waals surface area contributed by atoms with Crippen molar-refractivity contribution in [2.24, 2.45) is 0 Å². The summed E-state index contributed by atoms with van der Waals surface area (Å²) in [5.41, 5.74) is 0.839. The number of alkyl carbamates (subject to hydrolysis) is 1. The number of hydrogen-bond donors (Lipinski definition) is 2. The molecule has 2 N–H and O–H groups in total. The van der Waals surface area contributed by atoms with E-state index in [-0.39, 0.29) is 6.61 Å². The smallest absolute Gasteiger partial charge is 0.408 e. The Morgan fingerprint density at radius 3 is 2.75 bits per heavy atom. The second kappa shape index (κ2) is 6.91. The third kappa shape index (κ3) is 3.96. The number of ether oxygens (including phenoxy) is 2. The van der Waals surface area contributed by atoms with Crippen molar-refractivity contribution in [2.45, 2.75) is 31.6 Å². The quantitative estimate of drug-likeness (QED) is 0.854. The van der Waals surface area contributed by atoms with E-state index in [1.165, 1.54) is 0 Å². The molecule has 0 aliphatic carbocycles. The van der Waals surface area contributed by atoms with Gasteiger partial charge in [-0.05, 0) is 18.4 Å². The van der Waals surface area contributed by atoms with Gasteiger partial charge in [0, 0.05) is 6.61 Å². The predicted octanol–water partition coefficient (Wildman–Crippen LogP) is 1.54. The van der Waals surface area contributed by atoms with Crippen LogP contribution in [0.3, 0.4) is 0 Å². The van der Waals surface area contributed by atoms with Crippen LogP contribution >= 0.6 is 0 Å². The topological polar surface area (TPSA) is 84.9 Å². The highest BCUT2D eigenvalue weighted by atomic mass is 16.5. The minimum Gasteiger partial charge on any atom is -0.480 e. The van der Waals surface area contributed by atoms with Crippen molar-refractivity contribution in [3.63, 3.8) is 0 Å². The molecule has 6 nitrogen and oxygen atoms in total. The predicted molar refractivity (Wildman–Crippen MR) is 70.2 cm³/mol. The lowest BCUT2D eigenvalue weighted by molar-refractivity contribution is -0.142. The molecule has 108 valence electrons. The van der Waals surface area contributed by atoms with E-state index in [1.807, 2.05) is 30.3 Å². The fourth-order valence-corrected chi connectivity index (χ4v) is 2.07. The molecule has 0 saturated carbocycles. The first-order valence-electron chi connectivity index (χ1n) is 6.48. The van der Waals surface area contributed by atoms with E-state index in [0.29, 0.717) is 13.0 Å². The summed E-state index contributed by atoms with van der Waals surface area (Å²) in [6.07, 6.45) is 0.180. The molecule has 1 saturated heterocycles. The van der Waals surface area contributed by atoms with E-state index in [4.69, 9.17) is 14.6 Å². The number of carbonyl (C=O) groups excluding carboxylic acids is 1. The summed E-state index contributed by atoms with van der Waals surface area (Å²) in [7, 11) is 0. The summed E-state index contributed by atoms with van der Waals surface area (Å²) in [6, 6.07) is 8.11. The Hall–Kier alpha value is -2.08. The Bertz CT molecular complexity index is 456. The highest BCUT2D eigenvalue weighted by Crippen LogP contribution is 2.16. The average Bonchev–Trinajstić information content (AvgIpc) is 2.97. The van der Waals surface area contributed by atoms with Crippen molar-refractivity contribution in [1.29, 1.82) is 0 Å². The normalized spacial score (nSPS) is 19.3. The molecular formula is C14H17NO5. The van der Waals surface area contributed by atoms with Gasteiger partial charge in [0.2, 0.25) is 0 Å². The number of hydrogen-bond acceptors (Lipinski definition) is 4. The summed E-state index contributed by atoms with van der Waals surface area (Å²) < 4.78 is 10.3. The fraction of sp³-hybridized carbons (Fsp3) is 0.429. The Morgan fingerprint density at radius 1 is 1.40 bits per heavy atom. The van der Waals surface area contributed by atoms with E-state index in [1.54, 1.807) is 0 Å². The number of rotatable bonds is 5. The highest BCUT2D eigenvalue weighted by Gasteiger charge is 2.33. The minimum absolute atomic E-state index is 0.102. The van der Waals surface area contributed by atoms with E-state index >= 15 is 0 Å². The zero-order valence-electron chi connectivity index (χ0n) is 11.0. The molecule has 0 radical (unpaired) electrons. The van der Waals surface area contributed by atoms with Gasteiger partial charge in [-0.2, -0.15) is 0 Å². The van der Waals surface area contributed by atoms with Crippen LogP contribution in [0.5, 0.6) is 0 Å². The lowest BCUT2D eigenvalue weighted by Gasteiger charge is -2.19. The van der Waals surface area contributed by atoms with Crippen LogP contribution in [0.1, 0.15) is 18.4 Å². The Balaban J connectivity index is 1.84. The van der Waals surface area contributed by atoms with Gasteiger partial charge in [-0.15, -0.1) is 0 Å². The molecule has 1 heterocycles. The zero-order chi connectivity index (χ0) is 14.4. The molecule has 2 atom stereocenters. The number of nitrogens with one attached hydrogen (secondary N) is 1. The fourth-order valence-electron chi connectivity index (χ4n) is 2.07. The maximum Gasteiger partial charge on any atom is 0.408 e. The van der Waals surface area contributed by atoms with Gasteiger partial charge in [-0.1, -0.05) is 30.3 Å². The molecule has 1 aliphatic heterocycles. The highest BCUT2D eigenvalue weighted by molar-refractivity contribution is 5.80. The van der Waals surface area contributed by atoms with Crippen LogP contribution in [0.2, 0.25) is 0 Å². The van der Waals surface area contributed by atoms with Crippen LogP contribution in [-0.4, -0.2) is 35.9 Å². The van der Waals surface area contributed by atoms with Gasteiger partial charge in [0.1, 0.15) is 6.61 Å². The number of aliphatic carboxylic acids is 1. The number of carboxylic acids is 1. The van der Waals surface area contributed by atoms with Crippen molar-refractivity contribution >= 4 is 12.1 Å². The van der Waals surface area contributed by atoms with E-state index in [9.17, 15) is 9.59 Å². The van der Waals surface area contributed by atoms with Crippen LogP contribution < -0.4 is 5.32 Å². The molecule has 1 aromatic carbocycles. The summed E-state index contributed by atoms with van der Waals surface area (Å²) in [5, 5.41) is 11.5. The van der Waals surface area contributed by atoms with Gasteiger partial charge in [-0.25, -0.2) is 9.59 Å². The molecular weight excluding hydrogens is 262 g/mol. The monoisotopic (exact) mass is 279 g/mol. The zero-order valence-corrected chi connectivity index (χ0v) is 11.0. The van der Waals surface area contributed by atoms with Gasteiger partial charge in [0.25, 0.3) is 0 Å². The maximum atomic E-state index is 11.6. The molecule has 1 fully saturated rings. The van der Waals surface area contributed by atoms with Gasteiger partial charge < -0.3 is 19.9 Å². The Labute approximate surface area is 116 Å². The molecule has 0 unspecified atom stereocenters. The molecule has 2 rings (SSSR count). The van der Waals surface area contributed by atoms with Gasteiger partial charge in [-0.3, -0.25) is 0 Å². The summed E-state index contributed by atoms with van der Waals surface area (Å²) in [6.45, 7) is 0.625. The largest absolute Gasteiger partial charge is 0.480 e. The lowest BCUT2D eigenvalue weighted by atomic mass is 10.1. The summed E-state index contributed by atoms with van der Waals surface area (Å²) in [4.78, 5) is 22.8. The first-order valence-corrected chi connectivity index (χ1v) is 6.48. The molecule has 0 spiro atoms. The van der Waals surface area contributed by atoms with Gasteiger partial charge >= 0.3 is 12.1 Å². The van der Waals surface area contributed by atoms with Crippen molar-refractivity contribution < 1.29 is 24.2 Å². The maximum absolute atomic E-state index is 11.6. The summed E-state index contributed by atoms with van der Waals surface area (Å²) >= 11 is 0. The van der Waals surface area contributed by atoms with E-state index in [2.05, 4.69) is 5.32 Å². The third-order valence-electron chi connectivity index (χ3n) is 3.09.